The van der Waals surface area contributed by atoms with Gasteiger partial charge >= 0.3 is 0 Å². The molecule has 0 aliphatic carbocycles. The average molecular weight is 345 g/mol. The molecule has 0 fully saturated rings. The number of rotatable bonds is 3. The van der Waals surface area contributed by atoms with Gasteiger partial charge in [0, 0.05) is 10.2 Å². The maximum absolute atomic E-state index is 12.8. The third kappa shape index (κ3) is 3.24. The second kappa shape index (κ2) is 5.18. The molecule has 0 heterocycles. The van der Waals surface area contributed by atoms with Crippen LogP contribution >= 0.6 is 15.9 Å². The minimum absolute atomic E-state index is 0.0359. The Balaban J connectivity index is 2.37. The lowest BCUT2D eigenvalue weighted by atomic mass is 10.3. The fraction of sp³-hybridized carbons (Fsp3) is 0. The van der Waals surface area contributed by atoms with Gasteiger partial charge in [0.05, 0.1) is 5.69 Å². The van der Waals surface area contributed by atoms with E-state index in [9.17, 15) is 12.8 Å². The van der Waals surface area contributed by atoms with E-state index in [4.69, 9.17) is 5.73 Å². The third-order valence-electron chi connectivity index (χ3n) is 2.36. The number of benzene rings is 2. The minimum Gasteiger partial charge on any atom is -0.398 e. The molecule has 100 valence electrons. The first-order valence-electron chi connectivity index (χ1n) is 5.22. The number of hydrogen-bond donors (Lipinski definition) is 2. The molecule has 4 nitrogen and oxygen atoms in total. The van der Waals surface area contributed by atoms with Crippen molar-refractivity contribution < 1.29 is 12.8 Å². The summed E-state index contributed by atoms with van der Waals surface area (Å²) in [6.45, 7) is 0. The lowest BCUT2D eigenvalue weighted by Crippen LogP contribution is -2.14. The van der Waals surface area contributed by atoms with Crippen LogP contribution in [0, 0.1) is 5.82 Å². The van der Waals surface area contributed by atoms with Crippen molar-refractivity contribution in [1.29, 1.82) is 0 Å². The van der Waals surface area contributed by atoms with E-state index < -0.39 is 15.8 Å². The second-order valence-electron chi connectivity index (χ2n) is 3.79. The highest BCUT2D eigenvalue weighted by atomic mass is 79.9. The predicted octanol–water partition coefficient (Wildman–Crippen LogP) is 2.97. The first-order valence-corrected chi connectivity index (χ1v) is 7.49. The van der Waals surface area contributed by atoms with Crippen molar-refractivity contribution in [3.05, 3.63) is 52.8 Å². The first-order chi connectivity index (χ1) is 8.88. The molecule has 0 radical (unpaired) electrons. The van der Waals surface area contributed by atoms with Gasteiger partial charge in [-0.3, -0.25) is 4.72 Å². The van der Waals surface area contributed by atoms with E-state index in [1.54, 1.807) is 6.07 Å². The van der Waals surface area contributed by atoms with Crippen molar-refractivity contribution in [3.63, 3.8) is 0 Å². The number of hydrogen-bond acceptors (Lipinski definition) is 3. The molecule has 0 bridgehead atoms. The standard InChI is InChI=1S/C12H10BrFN2O2S/c13-8-1-6-11(15)12(7-8)19(17,18)16-10-4-2-9(14)3-5-10/h1-7,16H,15H2. The number of nitrogens with one attached hydrogen (secondary N) is 1. The van der Waals surface area contributed by atoms with Crippen LogP contribution in [0.3, 0.4) is 0 Å². The van der Waals surface area contributed by atoms with Gasteiger partial charge in [0.25, 0.3) is 10.0 Å². The van der Waals surface area contributed by atoms with E-state index in [1.165, 1.54) is 36.4 Å². The molecular formula is C12H10BrFN2O2S. The van der Waals surface area contributed by atoms with Crippen molar-refractivity contribution >= 4 is 37.3 Å². The fourth-order valence-corrected chi connectivity index (χ4v) is 3.20. The Hall–Kier alpha value is -1.60. The van der Waals surface area contributed by atoms with Gasteiger partial charge in [-0.05, 0) is 42.5 Å². The van der Waals surface area contributed by atoms with Crippen molar-refractivity contribution in [3.8, 4) is 0 Å². The van der Waals surface area contributed by atoms with Crippen molar-refractivity contribution in [1.82, 2.24) is 0 Å². The molecule has 0 saturated heterocycles. The first kappa shape index (κ1) is 13.8. The van der Waals surface area contributed by atoms with Crippen LogP contribution in [0.2, 0.25) is 0 Å². The van der Waals surface area contributed by atoms with Gasteiger partial charge in [0.1, 0.15) is 10.7 Å². The smallest absolute Gasteiger partial charge is 0.263 e. The van der Waals surface area contributed by atoms with Crippen LogP contribution in [0.5, 0.6) is 0 Å². The summed E-state index contributed by atoms with van der Waals surface area (Å²) in [4.78, 5) is -0.0359. The Morgan fingerprint density at radius 3 is 2.37 bits per heavy atom. The molecule has 3 N–H and O–H groups in total. The summed E-state index contributed by atoms with van der Waals surface area (Å²) in [6, 6.07) is 9.54. The van der Waals surface area contributed by atoms with Gasteiger partial charge in [-0.15, -0.1) is 0 Å². The lowest BCUT2D eigenvalue weighted by molar-refractivity contribution is 0.601. The van der Waals surface area contributed by atoms with Crippen LogP contribution in [0.4, 0.5) is 15.8 Å². The zero-order chi connectivity index (χ0) is 14.0. The molecule has 2 aromatic carbocycles. The highest BCUT2D eigenvalue weighted by Crippen LogP contribution is 2.25. The van der Waals surface area contributed by atoms with Gasteiger partial charge in [-0.1, -0.05) is 15.9 Å². The molecule has 2 rings (SSSR count). The molecule has 0 unspecified atom stereocenters. The molecule has 0 spiro atoms. The van der Waals surface area contributed by atoms with Gasteiger partial charge in [-0.2, -0.15) is 0 Å². The van der Waals surface area contributed by atoms with E-state index in [0.717, 1.165) is 0 Å². The molecule has 0 aliphatic rings. The SMILES string of the molecule is Nc1ccc(Br)cc1S(=O)(=O)Nc1ccc(F)cc1. The van der Waals surface area contributed by atoms with Gasteiger partial charge in [0.15, 0.2) is 0 Å². The zero-order valence-corrected chi connectivity index (χ0v) is 12.0. The molecule has 0 saturated carbocycles. The van der Waals surface area contributed by atoms with Crippen LogP contribution in [-0.2, 0) is 10.0 Å². The molecule has 2 aromatic rings. The Morgan fingerprint density at radius 1 is 1.11 bits per heavy atom. The van der Waals surface area contributed by atoms with Crippen molar-refractivity contribution in [2.75, 3.05) is 10.5 Å². The normalized spacial score (nSPS) is 11.3. The molecule has 0 aliphatic heterocycles. The largest absolute Gasteiger partial charge is 0.398 e. The number of sulfonamides is 1. The Labute approximate surface area is 118 Å². The molecule has 0 aromatic heterocycles. The topological polar surface area (TPSA) is 72.2 Å². The number of nitrogens with two attached hydrogens (primary N) is 1. The van der Waals surface area contributed by atoms with Crippen LogP contribution in [0.15, 0.2) is 51.8 Å². The zero-order valence-electron chi connectivity index (χ0n) is 9.60. The number of nitrogen functional groups attached to an aromatic ring is 1. The van der Waals surface area contributed by atoms with Gasteiger partial charge in [0.2, 0.25) is 0 Å². The van der Waals surface area contributed by atoms with E-state index >= 15 is 0 Å². The van der Waals surface area contributed by atoms with E-state index in [2.05, 4.69) is 20.7 Å². The quantitative estimate of drug-likeness (QED) is 0.840. The summed E-state index contributed by atoms with van der Waals surface area (Å²) in [7, 11) is -3.81. The Morgan fingerprint density at radius 2 is 1.74 bits per heavy atom. The van der Waals surface area contributed by atoms with Crippen LogP contribution < -0.4 is 10.5 Å². The predicted molar refractivity (Wildman–Crippen MR) is 75.8 cm³/mol. The Bertz CT molecular complexity index is 702. The van der Waals surface area contributed by atoms with Crippen LogP contribution in [0.1, 0.15) is 0 Å². The monoisotopic (exact) mass is 344 g/mol. The highest BCUT2D eigenvalue weighted by Gasteiger charge is 2.17. The average Bonchev–Trinajstić information content (AvgIpc) is 2.35. The highest BCUT2D eigenvalue weighted by molar-refractivity contribution is 9.10. The molecule has 19 heavy (non-hydrogen) atoms. The maximum Gasteiger partial charge on any atom is 0.263 e. The summed E-state index contributed by atoms with van der Waals surface area (Å²) < 4.78 is 40.0. The summed E-state index contributed by atoms with van der Waals surface area (Å²) in [5.74, 6) is -0.440. The summed E-state index contributed by atoms with van der Waals surface area (Å²) in [5.41, 5.74) is 6.05. The summed E-state index contributed by atoms with van der Waals surface area (Å²) >= 11 is 3.19. The lowest BCUT2D eigenvalue weighted by Gasteiger charge is -2.10. The molecule has 0 amide bonds. The number of anilines is 2. The minimum atomic E-state index is -3.81. The van der Waals surface area contributed by atoms with Crippen LogP contribution in [-0.4, -0.2) is 8.42 Å². The van der Waals surface area contributed by atoms with E-state index in [-0.39, 0.29) is 16.3 Å². The maximum atomic E-state index is 12.8. The molecule has 7 heteroatoms. The molecule has 0 atom stereocenters. The van der Waals surface area contributed by atoms with E-state index in [0.29, 0.717) is 4.47 Å². The Kier molecular flexibility index (Phi) is 3.77. The fourth-order valence-electron chi connectivity index (χ4n) is 1.47. The third-order valence-corrected chi connectivity index (χ3v) is 4.29. The van der Waals surface area contributed by atoms with Crippen molar-refractivity contribution in [2.24, 2.45) is 0 Å². The van der Waals surface area contributed by atoms with Crippen LogP contribution in [0.25, 0.3) is 0 Å². The second-order valence-corrected chi connectivity index (χ2v) is 6.36. The van der Waals surface area contributed by atoms with Gasteiger partial charge in [-0.25, -0.2) is 12.8 Å². The summed E-state index contributed by atoms with van der Waals surface area (Å²) in [6.07, 6.45) is 0. The van der Waals surface area contributed by atoms with Crippen molar-refractivity contribution in [2.45, 2.75) is 4.90 Å². The molecular weight excluding hydrogens is 335 g/mol. The van der Waals surface area contributed by atoms with Gasteiger partial charge < -0.3 is 5.73 Å². The van der Waals surface area contributed by atoms with E-state index in [1.807, 2.05) is 0 Å². The number of halogens is 2. The summed E-state index contributed by atoms with van der Waals surface area (Å²) in [5, 5.41) is 0.